The SMILES string of the molecule is NS(=O)(=O)c1cccnc1N1CCC(OCc2ccc(Cl)c(Cl)c2)CC1. The normalized spacial score (nSPS) is 16.0. The summed E-state index contributed by atoms with van der Waals surface area (Å²) in [5.41, 5.74) is 0.961. The summed E-state index contributed by atoms with van der Waals surface area (Å²) >= 11 is 11.9. The van der Waals surface area contributed by atoms with Crippen molar-refractivity contribution in [2.45, 2.75) is 30.4 Å². The fourth-order valence-corrected chi connectivity index (χ4v) is 3.94. The Labute approximate surface area is 162 Å². The van der Waals surface area contributed by atoms with Gasteiger partial charge in [0.1, 0.15) is 10.7 Å². The number of primary sulfonamides is 1. The Morgan fingerprint density at radius 2 is 1.92 bits per heavy atom. The van der Waals surface area contributed by atoms with Crippen LogP contribution in [-0.4, -0.2) is 32.6 Å². The molecule has 0 amide bonds. The first-order valence-electron chi connectivity index (χ1n) is 8.13. The molecule has 1 aliphatic heterocycles. The minimum atomic E-state index is -3.81. The molecule has 3 rings (SSSR count). The third-order valence-electron chi connectivity index (χ3n) is 4.27. The summed E-state index contributed by atoms with van der Waals surface area (Å²) in [5.74, 6) is 0.401. The van der Waals surface area contributed by atoms with Crippen LogP contribution in [0.3, 0.4) is 0 Å². The molecule has 2 N–H and O–H groups in total. The lowest BCUT2D eigenvalue weighted by Crippen LogP contribution is -2.38. The zero-order chi connectivity index (χ0) is 18.7. The monoisotopic (exact) mass is 415 g/mol. The molecular weight excluding hydrogens is 397 g/mol. The molecule has 0 bridgehead atoms. The third-order valence-corrected chi connectivity index (χ3v) is 5.94. The van der Waals surface area contributed by atoms with Crippen molar-refractivity contribution in [2.24, 2.45) is 5.14 Å². The average molecular weight is 416 g/mol. The number of nitrogens with zero attached hydrogens (tertiary/aromatic N) is 2. The van der Waals surface area contributed by atoms with Crippen molar-refractivity contribution in [3.63, 3.8) is 0 Å². The number of sulfonamides is 1. The number of hydrogen-bond acceptors (Lipinski definition) is 5. The van der Waals surface area contributed by atoms with Crippen LogP contribution in [0.5, 0.6) is 0 Å². The van der Waals surface area contributed by atoms with Crippen molar-refractivity contribution in [1.29, 1.82) is 0 Å². The highest BCUT2D eigenvalue weighted by molar-refractivity contribution is 7.89. The van der Waals surface area contributed by atoms with Crippen molar-refractivity contribution in [1.82, 2.24) is 4.98 Å². The lowest BCUT2D eigenvalue weighted by molar-refractivity contribution is 0.0250. The van der Waals surface area contributed by atoms with Gasteiger partial charge in [0.2, 0.25) is 10.0 Å². The van der Waals surface area contributed by atoms with Crippen LogP contribution in [0.2, 0.25) is 10.0 Å². The maximum atomic E-state index is 11.7. The second kappa shape index (κ2) is 8.10. The first kappa shape index (κ1) is 19.4. The van der Waals surface area contributed by atoms with Gasteiger partial charge < -0.3 is 9.64 Å². The molecule has 0 atom stereocenters. The molecule has 2 heterocycles. The van der Waals surface area contributed by atoms with E-state index in [0.717, 1.165) is 18.4 Å². The molecule has 0 radical (unpaired) electrons. The predicted octanol–water partition coefficient (Wildman–Crippen LogP) is 3.22. The number of aromatic nitrogens is 1. The van der Waals surface area contributed by atoms with Crippen LogP contribution in [-0.2, 0) is 21.4 Å². The number of benzene rings is 1. The summed E-state index contributed by atoms with van der Waals surface area (Å²) in [7, 11) is -3.81. The first-order valence-corrected chi connectivity index (χ1v) is 10.4. The van der Waals surface area contributed by atoms with Gasteiger partial charge in [-0.3, -0.25) is 0 Å². The van der Waals surface area contributed by atoms with E-state index in [1.54, 1.807) is 24.4 Å². The molecule has 9 heteroatoms. The van der Waals surface area contributed by atoms with Gasteiger partial charge >= 0.3 is 0 Å². The summed E-state index contributed by atoms with van der Waals surface area (Å²) in [6.45, 7) is 1.74. The van der Waals surface area contributed by atoms with Gasteiger partial charge in [0.05, 0.1) is 22.8 Å². The molecule has 1 aromatic heterocycles. The van der Waals surface area contributed by atoms with E-state index >= 15 is 0 Å². The van der Waals surface area contributed by atoms with E-state index in [0.29, 0.717) is 35.6 Å². The number of hydrogen-bond donors (Lipinski definition) is 1. The maximum absolute atomic E-state index is 11.7. The number of rotatable bonds is 5. The third kappa shape index (κ3) is 4.66. The minimum absolute atomic E-state index is 0.0511. The maximum Gasteiger partial charge on any atom is 0.241 e. The highest BCUT2D eigenvalue weighted by Gasteiger charge is 2.25. The van der Waals surface area contributed by atoms with Gasteiger partial charge in [0.25, 0.3) is 0 Å². The Morgan fingerprint density at radius 3 is 2.58 bits per heavy atom. The van der Waals surface area contributed by atoms with Gasteiger partial charge in [-0.1, -0.05) is 29.3 Å². The summed E-state index contributed by atoms with van der Waals surface area (Å²) < 4.78 is 29.4. The van der Waals surface area contributed by atoms with Gasteiger partial charge in [-0.25, -0.2) is 18.5 Å². The van der Waals surface area contributed by atoms with Gasteiger partial charge in [-0.15, -0.1) is 0 Å². The van der Waals surface area contributed by atoms with E-state index in [9.17, 15) is 8.42 Å². The molecule has 0 spiro atoms. The summed E-state index contributed by atoms with van der Waals surface area (Å²) in [5, 5.41) is 6.31. The van der Waals surface area contributed by atoms with Crippen LogP contribution in [0.4, 0.5) is 5.82 Å². The Balaban J connectivity index is 1.59. The molecule has 1 aromatic carbocycles. The second-order valence-corrected chi connectivity index (χ2v) is 8.46. The van der Waals surface area contributed by atoms with E-state index in [1.807, 2.05) is 11.0 Å². The van der Waals surface area contributed by atoms with E-state index in [-0.39, 0.29) is 11.0 Å². The van der Waals surface area contributed by atoms with E-state index in [4.69, 9.17) is 33.1 Å². The molecular formula is C17H19Cl2N3O3S. The molecule has 6 nitrogen and oxygen atoms in total. The van der Waals surface area contributed by atoms with E-state index in [2.05, 4.69) is 4.98 Å². The fourth-order valence-electron chi connectivity index (χ4n) is 2.92. The van der Waals surface area contributed by atoms with Crippen molar-refractivity contribution in [2.75, 3.05) is 18.0 Å². The van der Waals surface area contributed by atoms with Gasteiger partial charge in [0.15, 0.2) is 0 Å². The van der Waals surface area contributed by atoms with Crippen LogP contribution >= 0.6 is 23.2 Å². The predicted molar refractivity (Wildman–Crippen MR) is 102 cm³/mol. The Kier molecular flexibility index (Phi) is 6.04. The lowest BCUT2D eigenvalue weighted by Gasteiger charge is -2.33. The number of piperidine rings is 1. The Morgan fingerprint density at radius 1 is 1.19 bits per heavy atom. The fraction of sp³-hybridized carbons (Fsp3) is 0.353. The first-order chi connectivity index (χ1) is 12.3. The second-order valence-electron chi connectivity index (χ2n) is 6.12. The minimum Gasteiger partial charge on any atom is -0.373 e. The van der Waals surface area contributed by atoms with Gasteiger partial charge in [-0.2, -0.15) is 0 Å². The molecule has 1 fully saturated rings. The largest absolute Gasteiger partial charge is 0.373 e. The van der Waals surface area contributed by atoms with Crippen molar-refractivity contribution in [3.05, 3.63) is 52.1 Å². The van der Waals surface area contributed by atoms with Crippen LogP contribution in [0.15, 0.2) is 41.4 Å². The van der Waals surface area contributed by atoms with E-state index < -0.39 is 10.0 Å². The van der Waals surface area contributed by atoms with Gasteiger partial charge in [0, 0.05) is 19.3 Å². The molecule has 1 saturated heterocycles. The number of anilines is 1. The molecule has 26 heavy (non-hydrogen) atoms. The Hall–Kier alpha value is -1.38. The summed E-state index contributed by atoms with van der Waals surface area (Å²) in [4.78, 5) is 6.18. The van der Waals surface area contributed by atoms with Crippen LogP contribution in [0.25, 0.3) is 0 Å². The number of pyridine rings is 1. The standard InChI is InChI=1S/C17H19Cl2N3O3S/c18-14-4-3-12(10-15(14)19)11-25-13-5-8-22(9-6-13)17-16(26(20,23)24)2-1-7-21-17/h1-4,7,10,13H,5-6,8-9,11H2,(H2,20,23,24). The zero-order valence-corrected chi connectivity index (χ0v) is 16.3. The smallest absolute Gasteiger partial charge is 0.241 e. The number of ether oxygens (including phenoxy) is 1. The highest BCUT2D eigenvalue weighted by atomic mass is 35.5. The van der Waals surface area contributed by atoms with Gasteiger partial charge in [-0.05, 0) is 42.7 Å². The molecule has 1 aliphatic rings. The topological polar surface area (TPSA) is 85.5 Å². The molecule has 0 unspecified atom stereocenters. The molecule has 2 aromatic rings. The van der Waals surface area contributed by atoms with Crippen molar-refractivity contribution >= 4 is 39.0 Å². The molecule has 140 valence electrons. The summed E-state index contributed by atoms with van der Waals surface area (Å²) in [6, 6.07) is 8.48. The van der Waals surface area contributed by atoms with Crippen molar-refractivity contribution in [3.8, 4) is 0 Å². The molecule has 0 saturated carbocycles. The zero-order valence-electron chi connectivity index (χ0n) is 13.9. The lowest BCUT2D eigenvalue weighted by atomic mass is 10.1. The quantitative estimate of drug-likeness (QED) is 0.809. The molecule has 0 aliphatic carbocycles. The average Bonchev–Trinajstić information content (AvgIpc) is 2.62. The summed E-state index contributed by atoms with van der Waals surface area (Å²) in [6.07, 6.45) is 3.18. The van der Waals surface area contributed by atoms with Crippen LogP contribution < -0.4 is 10.0 Å². The Bertz CT molecular complexity index is 885. The van der Waals surface area contributed by atoms with E-state index in [1.165, 1.54) is 6.07 Å². The van der Waals surface area contributed by atoms with Crippen LogP contribution in [0, 0.1) is 0 Å². The van der Waals surface area contributed by atoms with Crippen LogP contribution in [0.1, 0.15) is 18.4 Å². The highest BCUT2D eigenvalue weighted by Crippen LogP contribution is 2.27. The van der Waals surface area contributed by atoms with Crippen molar-refractivity contribution < 1.29 is 13.2 Å². The number of halogens is 2. The number of nitrogens with two attached hydrogens (primary N) is 1.